The molecule has 0 saturated heterocycles. The van der Waals surface area contributed by atoms with Gasteiger partial charge in [-0.25, -0.2) is 4.68 Å². The minimum atomic E-state index is -0.312. The van der Waals surface area contributed by atoms with E-state index in [1.54, 1.807) is 0 Å². The maximum Gasteiger partial charge on any atom is 0.226 e. The zero-order chi connectivity index (χ0) is 20.7. The molecule has 5 rings (SSSR count). The third-order valence-corrected chi connectivity index (χ3v) is 5.73. The number of carbonyl (C=O) groups excluding carboxylic acids is 1. The number of rotatable bonds is 4. The van der Waals surface area contributed by atoms with E-state index in [1.165, 1.54) is 0 Å². The molecule has 2 aliphatic rings. The number of carbonyl (C=O) groups is 1. The minimum Gasteiger partial charge on any atom is -0.494 e. The molecule has 2 aromatic carbocycles. The molecular weight excluding hydrogens is 400 g/mol. The molecule has 0 spiro atoms. The van der Waals surface area contributed by atoms with E-state index in [2.05, 4.69) is 5.32 Å². The Labute approximate surface area is 179 Å². The van der Waals surface area contributed by atoms with Gasteiger partial charge in [0.05, 0.1) is 6.61 Å². The molecule has 0 saturated carbocycles. The predicted octanol–water partition coefficient (Wildman–Crippen LogP) is 5.02. The zero-order valence-corrected chi connectivity index (χ0v) is 17.3. The number of ketones is 1. The van der Waals surface area contributed by atoms with E-state index in [4.69, 9.17) is 26.4 Å². The molecule has 0 amide bonds. The number of ether oxygens (including phenoxy) is 1. The van der Waals surface area contributed by atoms with Crippen LogP contribution in [0.2, 0.25) is 5.02 Å². The van der Waals surface area contributed by atoms with Gasteiger partial charge in [-0.2, -0.15) is 4.98 Å². The molecule has 3 aromatic rings. The van der Waals surface area contributed by atoms with Crippen LogP contribution >= 0.6 is 11.6 Å². The van der Waals surface area contributed by atoms with Gasteiger partial charge in [0, 0.05) is 28.3 Å². The van der Waals surface area contributed by atoms with Crippen molar-refractivity contribution in [3.8, 4) is 17.1 Å². The maximum atomic E-state index is 12.9. The van der Waals surface area contributed by atoms with E-state index >= 15 is 0 Å². The van der Waals surface area contributed by atoms with Crippen LogP contribution in [0.3, 0.4) is 0 Å². The Kier molecular flexibility index (Phi) is 4.79. The summed E-state index contributed by atoms with van der Waals surface area (Å²) in [5.74, 6) is 2.21. The standard InChI is InChI=1S/C23H21ClN4O2/c1-2-30-17-12-8-14(9-13-17)21-20-18(4-3-5-19(20)29)25-23-26-22(27-28(21)23)15-6-10-16(24)11-7-15/h6-13,21H,2-5H2,1H3,(H,25,26,27)/t21-/m1/s1. The Bertz CT molecular complexity index is 1130. The van der Waals surface area contributed by atoms with Crippen LogP contribution in [-0.4, -0.2) is 27.2 Å². The van der Waals surface area contributed by atoms with Gasteiger partial charge in [0.1, 0.15) is 11.8 Å². The second-order valence-electron chi connectivity index (χ2n) is 7.41. The molecule has 30 heavy (non-hydrogen) atoms. The second-order valence-corrected chi connectivity index (χ2v) is 7.85. The van der Waals surface area contributed by atoms with Crippen LogP contribution in [0.15, 0.2) is 59.8 Å². The fourth-order valence-corrected chi connectivity index (χ4v) is 4.22. The van der Waals surface area contributed by atoms with Gasteiger partial charge in [0.25, 0.3) is 0 Å². The Hall–Kier alpha value is -3.12. The number of anilines is 1. The number of Topliss-reactive ketones (excluding diaryl/α,β-unsaturated/α-hetero) is 1. The second kappa shape index (κ2) is 7.61. The Morgan fingerprint density at radius 3 is 2.63 bits per heavy atom. The van der Waals surface area contributed by atoms with Crippen molar-refractivity contribution in [2.45, 2.75) is 32.2 Å². The van der Waals surface area contributed by atoms with Gasteiger partial charge >= 0.3 is 0 Å². The summed E-state index contributed by atoms with van der Waals surface area (Å²) in [4.78, 5) is 17.6. The predicted molar refractivity (Wildman–Crippen MR) is 116 cm³/mol. The van der Waals surface area contributed by atoms with Crippen LogP contribution < -0.4 is 10.1 Å². The van der Waals surface area contributed by atoms with Crippen molar-refractivity contribution in [1.29, 1.82) is 0 Å². The van der Waals surface area contributed by atoms with E-state index in [1.807, 2.05) is 60.1 Å². The number of nitrogens with zero attached hydrogens (tertiary/aromatic N) is 3. The van der Waals surface area contributed by atoms with E-state index in [-0.39, 0.29) is 11.8 Å². The number of fused-ring (bicyclic) bond motifs is 1. The summed E-state index contributed by atoms with van der Waals surface area (Å²) in [5, 5.41) is 8.80. The molecule has 0 fully saturated rings. The van der Waals surface area contributed by atoms with Gasteiger partial charge in [-0.3, -0.25) is 4.79 Å². The van der Waals surface area contributed by atoms with Crippen LogP contribution in [0, 0.1) is 0 Å². The van der Waals surface area contributed by atoms with Crippen molar-refractivity contribution >= 4 is 23.3 Å². The first kappa shape index (κ1) is 18.9. The average molecular weight is 421 g/mol. The summed E-state index contributed by atoms with van der Waals surface area (Å²) < 4.78 is 7.40. The highest BCUT2D eigenvalue weighted by Crippen LogP contribution is 2.41. The molecule has 1 aromatic heterocycles. The molecule has 1 aliphatic heterocycles. The van der Waals surface area contributed by atoms with Gasteiger partial charge in [0.15, 0.2) is 11.6 Å². The average Bonchev–Trinajstić information content (AvgIpc) is 3.17. The fourth-order valence-electron chi connectivity index (χ4n) is 4.10. The summed E-state index contributed by atoms with van der Waals surface area (Å²) in [5.41, 5.74) is 3.59. The monoisotopic (exact) mass is 420 g/mol. The van der Waals surface area contributed by atoms with Crippen LogP contribution in [0.25, 0.3) is 11.4 Å². The van der Waals surface area contributed by atoms with Crippen molar-refractivity contribution < 1.29 is 9.53 Å². The molecule has 0 bridgehead atoms. The van der Waals surface area contributed by atoms with Gasteiger partial charge in [-0.15, -0.1) is 5.10 Å². The number of halogens is 1. The van der Waals surface area contributed by atoms with E-state index in [0.29, 0.717) is 29.8 Å². The van der Waals surface area contributed by atoms with Gasteiger partial charge in [-0.1, -0.05) is 23.7 Å². The maximum absolute atomic E-state index is 12.9. The molecular formula is C23H21ClN4O2. The molecule has 152 valence electrons. The third kappa shape index (κ3) is 3.27. The van der Waals surface area contributed by atoms with Crippen LogP contribution in [-0.2, 0) is 4.79 Å². The van der Waals surface area contributed by atoms with Gasteiger partial charge in [0.2, 0.25) is 5.95 Å². The zero-order valence-electron chi connectivity index (χ0n) is 16.6. The summed E-state index contributed by atoms with van der Waals surface area (Å²) >= 11 is 6.02. The number of aromatic nitrogens is 3. The van der Waals surface area contributed by atoms with E-state index in [9.17, 15) is 4.79 Å². The summed E-state index contributed by atoms with van der Waals surface area (Å²) in [6.07, 6.45) is 2.23. The lowest BCUT2D eigenvalue weighted by molar-refractivity contribution is -0.116. The molecule has 6 nitrogen and oxygen atoms in total. The molecule has 0 radical (unpaired) electrons. The van der Waals surface area contributed by atoms with Crippen molar-refractivity contribution in [3.05, 3.63) is 70.4 Å². The molecule has 1 atom stereocenters. The van der Waals surface area contributed by atoms with Crippen LogP contribution in [0.1, 0.15) is 37.8 Å². The summed E-state index contributed by atoms with van der Waals surface area (Å²) in [6, 6.07) is 15.0. The Balaban J connectivity index is 1.62. The number of benzene rings is 2. The molecule has 1 aliphatic carbocycles. The van der Waals surface area contributed by atoms with Gasteiger partial charge in [-0.05, 0) is 61.7 Å². The largest absolute Gasteiger partial charge is 0.494 e. The molecule has 1 N–H and O–H groups in total. The molecule has 2 heterocycles. The fraction of sp³-hybridized carbons (Fsp3) is 0.261. The van der Waals surface area contributed by atoms with Crippen molar-refractivity contribution in [1.82, 2.24) is 14.8 Å². The van der Waals surface area contributed by atoms with Gasteiger partial charge < -0.3 is 10.1 Å². The first-order valence-electron chi connectivity index (χ1n) is 10.1. The summed E-state index contributed by atoms with van der Waals surface area (Å²) in [6.45, 7) is 2.57. The van der Waals surface area contributed by atoms with Crippen molar-refractivity contribution in [2.24, 2.45) is 0 Å². The number of hydrogen-bond donors (Lipinski definition) is 1. The van der Waals surface area contributed by atoms with Crippen LogP contribution in [0.4, 0.5) is 5.95 Å². The smallest absolute Gasteiger partial charge is 0.226 e. The molecule has 7 heteroatoms. The van der Waals surface area contributed by atoms with Crippen molar-refractivity contribution in [3.63, 3.8) is 0 Å². The number of allylic oxidation sites excluding steroid dienone is 2. The highest BCUT2D eigenvalue weighted by atomic mass is 35.5. The normalized spacial score (nSPS) is 17.9. The Morgan fingerprint density at radius 1 is 1.13 bits per heavy atom. The SMILES string of the molecule is CCOc1ccc([C@@H]2C3=C(CCCC3=O)Nc3nc(-c4ccc(Cl)cc4)nn32)cc1. The number of nitrogens with one attached hydrogen (secondary N) is 1. The highest BCUT2D eigenvalue weighted by molar-refractivity contribution is 6.30. The third-order valence-electron chi connectivity index (χ3n) is 5.48. The van der Waals surface area contributed by atoms with E-state index < -0.39 is 0 Å². The Morgan fingerprint density at radius 2 is 1.90 bits per heavy atom. The lowest BCUT2D eigenvalue weighted by Crippen LogP contribution is -2.31. The van der Waals surface area contributed by atoms with Crippen LogP contribution in [0.5, 0.6) is 5.75 Å². The highest BCUT2D eigenvalue weighted by Gasteiger charge is 2.36. The first-order valence-corrected chi connectivity index (χ1v) is 10.5. The lowest BCUT2D eigenvalue weighted by atomic mass is 9.85. The molecule has 0 unspecified atom stereocenters. The van der Waals surface area contributed by atoms with Crippen molar-refractivity contribution in [2.75, 3.05) is 11.9 Å². The summed E-state index contributed by atoms with van der Waals surface area (Å²) in [7, 11) is 0. The van der Waals surface area contributed by atoms with E-state index in [0.717, 1.165) is 41.0 Å². The first-order chi connectivity index (χ1) is 14.6. The number of hydrogen-bond acceptors (Lipinski definition) is 5. The topological polar surface area (TPSA) is 69.0 Å². The quantitative estimate of drug-likeness (QED) is 0.641. The lowest BCUT2D eigenvalue weighted by Gasteiger charge is -2.32. The minimum absolute atomic E-state index is 0.164.